The molecular weight excluding hydrogens is 414 g/mol. The van der Waals surface area contributed by atoms with Gasteiger partial charge >= 0.3 is 0 Å². The summed E-state index contributed by atoms with van der Waals surface area (Å²) in [5, 5.41) is 6.96. The average Bonchev–Trinajstić information content (AvgIpc) is 2.80. The van der Waals surface area contributed by atoms with Crippen LogP contribution in [-0.4, -0.2) is 53.1 Å². The van der Waals surface area contributed by atoms with Gasteiger partial charge in [0.2, 0.25) is 0 Å². The predicted octanol–water partition coefficient (Wildman–Crippen LogP) is 2.75. The van der Waals surface area contributed by atoms with Crippen LogP contribution >= 0.6 is 0 Å². The van der Waals surface area contributed by atoms with Crippen LogP contribution in [0.5, 0.6) is 11.5 Å². The number of hydrogen-bond donors (Lipinski definition) is 4. The monoisotopic (exact) mass is 445 g/mol. The highest BCUT2D eigenvalue weighted by molar-refractivity contribution is 5.59. The summed E-state index contributed by atoms with van der Waals surface area (Å²) in [6.07, 6.45) is 3.64. The van der Waals surface area contributed by atoms with Crippen LogP contribution in [0.4, 0.5) is 11.6 Å². The highest BCUT2D eigenvalue weighted by atomic mass is 16.5. The van der Waals surface area contributed by atoms with Gasteiger partial charge in [-0.15, -0.1) is 0 Å². The summed E-state index contributed by atoms with van der Waals surface area (Å²) in [6, 6.07) is 18.1. The molecule has 8 nitrogen and oxygen atoms in total. The first kappa shape index (κ1) is 21.6. The molecule has 1 unspecified atom stereocenters. The minimum atomic E-state index is -0.444. The van der Waals surface area contributed by atoms with Gasteiger partial charge in [-0.25, -0.2) is 9.97 Å². The molecule has 0 bridgehead atoms. The third-order valence-corrected chi connectivity index (χ3v) is 6.59. The molecule has 3 heterocycles. The molecule has 5 rings (SSSR count). The number of piperidine rings is 1. The van der Waals surface area contributed by atoms with Gasteiger partial charge in [0.1, 0.15) is 29.5 Å². The van der Waals surface area contributed by atoms with E-state index < -0.39 is 6.04 Å². The molecular formula is C25H31N7O. The Balaban J connectivity index is 1.27. The summed E-state index contributed by atoms with van der Waals surface area (Å²) in [5.41, 5.74) is 14.6. The number of nitrogens with zero attached hydrogens (tertiary/aromatic N) is 3. The first-order valence-electron chi connectivity index (χ1n) is 11.6. The average molecular weight is 446 g/mol. The SMILES string of the molecule is Nc1ncnc(NC2CCN(C3CNC3)CC2)c1C(N)c1ccc(Oc2ccccc2)cc1. The molecule has 3 aromatic rings. The number of anilines is 2. The molecule has 172 valence electrons. The van der Waals surface area contributed by atoms with Crippen molar-refractivity contribution in [2.24, 2.45) is 5.73 Å². The number of ether oxygens (including phenoxy) is 1. The van der Waals surface area contributed by atoms with E-state index in [4.69, 9.17) is 16.2 Å². The van der Waals surface area contributed by atoms with E-state index in [1.165, 1.54) is 6.33 Å². The second-order valence-electron chi connectivity index (χ2n) is 8.75. The summed E-state index contributed by atoms with van der Waals surface area (Å²) in [6.45, 7) is 4.40. The lowest BCUT2D eigenvalue weighted by Crippen LogP contribution is -2.59. The minimum absolute atomic E-state index is 0.344. The molecule has 1 aromatic heterocycles. The van der Waals surface area contributed by atoms with E-state index in [0.717, 1.165) is 67.5 Å². The summed E-state index contributed by atoms with van der Waals surface area (Å²) in [7, 11) is 0. The Labute approximate surface area is 194 Å². The van der Waals surface area contributed by atoms with Gasteiger partial charge < -0.3 is 26.8 Å². The third kappa shape index (κ3) is 4.93. The maximum Gasteiger partial charge on any atom is 0.136 e. The quantitative estimate of drug-likeness (QED) is 0.439. The van der Waals surface area contributed by atoms with Crippen LogP contribution < -0.4 is 26.8 Å². The van der Waals surface area contributed by atoms with Crippen LogP contribution in [0.3, 0.4) is 0 Å². The Morgan fingerprint density at radius 2 is 1.67 bits per heavy atom. The maximum absolute atomic E-state index is 6.66. The van der Waals surface area contributed by atoms with Gasteiger partial charge in [-0.1, -0.05) is 30.3 Å². The third-order valence-electron chi connectivity index (χ3n) is 6.59. The van der Waals surface area contributed by atoms with Crippen molar-refractivity contribution in [3.63, 3.8) is 0 Å². The van der Waals surface area contributed by atoms with Crippen LogP contribution in [0.15, 0.2) is 60.9 Å². The van der Waals surface area contributed by atoms with Crippen LogP contribution in [-0.2, 0) is 0 Å². The van der Waals surface area contributed by atoms with Gasteiger partial charge in [0.15, 0.2) is 0 Å². The Bertz CT molecular complexity index is 1050. The Kier molecular flexibility index (Phi) is 6.39. The van der Waals surface area contributed by atoms with Gasteiger partial charge in [0.25, 0.3) is 0 Å². The zero-order valence-electron chi connectivity index (χ0n) is 18.7. The van der Waals surface area contributed by atoms with Crippen LogP contribution in [0, 0.1) is 0 Å². The molecule has 0 saturated carbocycles. The van der Waals surface area contributed by atoms with Crippen molar-refractivity contribution in [2.45, 2.75) is 31.0 Å². The number of nitrogen functional groups attached to an aromatic ring is 1. The number of benzene rings is 2. The lowest BCUT2D eigenvalue weighted by molar-refractivity contribution is 0.117. The van der Waals surface area contributed by atoms with Crippen molar-refractivity contribution in [1.29, 1.82) is 0 Å². The van der Waals surface area contributed by atoms with Crippen molar-refractivity contribution < 1.29 is 4.74 Å². The second kappa shape index (κ2) is 9.74. The van der Waals surface area contributed by atoms with Gasteiger partial charge in [-0.2, -0.15) is 0 Å². The summed E-state index contributed by atoms with van der Waals surface area (Å²) in [5.74, 6) is 2.67. The standard InChI is InChI=1S/C25H31N7O/c26-23(17-6-8-21(9-7-17)33-20-4-2-1-3-5-20)22-24(27)29-16-30-25(22)31-18-10-12-32(13-11-18)19-14-28-15-19/h1-9,16,18-19,23,28H,10-15,26H2,(H3,27,29,30,31). The molecule has 8 heteroatoms. The topological polar surface area (TPSA) is 114 Å². The van der Waals surface area contributed by atoms with E-state index >= 15 is 0 Å². The molecule has 0 radical (unpaired) electrons. The van der Waals surface area contributed by atoms with Crippen molar-refractivity contribution in [3.8, 4) is 11.5 Å². The normalized spacial score (nSPS) is 18.5. The highest BCUT2D eigenvalue weighted by Crippen LogP contribution is 2.32. The first-order valence-corrected chi connectivity index (χ1v) is 11.6. The Morgan fingerprint density at radius 1 is 0.970 bits per heavy atom. The van der Waals surface area contributed by atoms with Crippen molar-refractivity contribution in [1.82, 2.24) is 20.2 Å². The van der Waals surface area contributed by atoms with E-state index in [1.807, 2.05) is 54.6 Å². The number of rotatable bonds is 7. The molecule has 2 saturated heterocycles. The fourth-order valence-corrected chi connectivity index (χ4v) is 4.50. The number of likely N-dealkylation sites (tertiary alicyclic amines) is 1. The van der Waals surface area contributed by atoms with E-state index in [9.17, 15) is 0 Å². The molecule has 6 N–H and O–H groups in total. The molecule has 2 fully saturated rings. The van der Waals surface area contributed by atoms with Gasteiger partial charge in [-0.3, -0.25) is 4.90 Å². The molecule has 0 spiro atoms. The number of para-hydroxylation sites is 1. The molecule has 2 aromatic carbocycles. The van der Waals surface area contributed by atoms with Crippen molar-refractivity contribution in [3.05, 3.63) is 72.1 Å². The fourth-order valence-electron chi connectivity index (χ4n) is 4.50. The van der Waals surface area contributed by atoms with Gasteiger partial charge in [0.05, 0.1) is 11.6 Å². The zero-order chi connectivity index (χ0) is 22.6. The number of nitrogens with two attached hydrogens (primary N) is 2. The van der Waals surface area contributed by atoms with E-state index in [0.29, 0.717) is 17.9 Å². The highest BCUT2D eigenvalue weighted by Gasteiger charge is 2.29. The summed E-state index contributed by atoms with van der Waals surface area (Å²) in [4.78, 5) is 11.3. The Hall–Kier alpha value is -3.20. The summed E-state index contributed by atoms with van der Waals surface area (Å²) >= 11 is 0. The first-order chi connectivity index (χ1) is 16.2. The van der Waals surface area contributed by atoms with Crippen molar-refractivity contribution >= 4 is 11.6 Å². The van der Waals surface area contributed by atoms with E-state index in [-0.39, 0.29) is 0 Å². The molecule has 1 atom stereocenters. The van der Waals surface area contributed by atoms with Crippen molar-refractivity contribution in [2.75, 3.05) is 37.2 Å². The number of nitrogens with one attached hydrogen (secondary N) is 2. The van der Waals surface area contributed by atoms with E-state index in [2.05, 4.69) is 25.5 Å². The molecule has 33 heavy (non-hydrogen) atoms. The number of hydrogen-bond acceptors (Lipinski definition) is 8. The smallest absolute Gasteiger partial charge is 0.136 e. The van der Waals surface area contributed by atoms with Gasteiger partial charge in [-0.05, 0) is 42.7 Å². The van der Waals surface area contributed by atoms with Crippen LogP contribution in [0.1, 0.15) is 30.0 Å². The van der Waals surface area contributed by atoms with Crippen LogP contribution in [0.2, 0.25) is 0 Å². The maximum atomic E-state index is 6.66. The lowest BCUT2D eigenvalue weighted by Gasteiger charge is -2.42. The largest absolute Gasteiger partial charge is 0.457 e. The lowest BCUT2D eigenvalue weighted by atomic mass is 9.98. The zero-order valence-corrected chi connectivity index (χ0v) is 18.7. The van der Waals surface area contributed by atoms with E-state index in [1.54, 1.807) is 0 Å². The molecule has 2 aliphatic heterocycles. The minimum Gasteiger partial charge on any atom is -0.457 e. The fraction of sp³-hybridized carbons (Fsp3) is 0.360. The van der Waals surface area contributed by atoms with Crippen LogP contribution in [0.25, 0.3) is 0 Å². The molecule has 0 aliphatic carbocycles. The van der Waals surface area contributed by atoms with Gasteiger partial charge in [0, 0.05) is 38.3 Å². The molecule has 0 amide bonds. The predicted molar refractivity (Wildman–Crippen MR) is 130 cm³/mol. The Morgan fingerprint density at radius 3 is 2.33 bits per heavy atom. The number of aromatic nitrogens is 2. The molecule has 2 aliphatic rings. The second-order valence-corrected chi connectivity index (χ2v) is 8.75. The summed E-state index contributed by atoms with van der Waals surface area (Å²) < 4.78 is 5.89.